The van der Waals surface area contributed by atoms with Crippen molar-refractivity contribution < 1.29 is 8.42 Å². The molecule has 0 N–H and O–H groups in total. The molecule has 2 aromatic rings. The minimum atomic E-state index is -2.48. The van der Waals surface area contributed by atoms with Crippen LogP contribution in [0.15, 0.2) is 36.7 Å². The molecule has 1 unspecified atom stereocenters. The second-order valence-corrected chi connectivity index (χ2v) is 5.26. The zero-order valence-electron chi connectivity index (χ0n) is 9.70. The number of rotatable bonds is 3. The normalized spacial score (nSPS) is 12.9. The Hall–Kier alpha value is -1.62. The summed E-state index contributed by atoms with van der Waals surface area (Å²) < 4.78 is 24.1. The van der Waals surface area contributed by atoms with Gasteiger partial charge in [0.1, 0.15) is 16.5 Å². The average Bonchev–Trinajstić information content (AvgIpc) is 2.74. The number of imidazole rings is 1. The van der Waals surface area contributed by atoms with Crippen molar-refractivity contribution in [3.05, 3.63) is 42.2 Å². The van der Waals surface area contributed by atoms with Gasteiger partial charge in [0.25, 0.3) is 0 Å². The van der Waals surface area contributed by atoms with Crippen LogP contribution in [0.3, 0.4) is 0 Å². The lowest BCUT2D eigenvalue weighted by atomic mass is 10.0. The van der Waals surface area contributed by atoms with Crippen molar-refractivity contribution in [2.75, 3.05) is 0 Å². The number of nitrogens with zero attached hydrogens (tertiary/aromatic N) is 2. The molecule has 90 valence electrons. The number of aromatic nitrogens is 2. The van der Waals surface area contributed by atoms with Crippen LogP contribution in [0.4, 0.5) is 0 Å². The summed E-state index contributed by atoms with van der Waals surface area (Å²) in [6.45, 7) is 1.69. The Morgan fingerprint density at radius 3 is 2.59 bits per heavy atom. The molecule has 0 aliphatic carbocycles. The highest BCUT2D eigenvalue weighted by atomic mass is 32.2. The van der Waals surface area contributed by atoms with Crippen LogP contribution in [0.2, 0.25) is 0 Å². The van der Waals surface area contributed by atoms with E-state index < -0.39 is 16.0 Å². The fraction of sp³-hybridized carbons (Fsp3) is 0.250. The quantitative estimate of drug-likeness (QED) is 0.844. The molecule has 1 atom stereocenters. The molecule has 0 amide bonds. The maximum Gasteiger partial charge on any atom is 0.146 e. The molecule has 4 nitrogen and oxygen atoms in total. The first kappa shape index (κ1) is 11.9. The summed E-state index contributed by atoms with van der Waals surface area (Å²) in [5.41, 5.74) is 1.66. The Kier molecular flexibility index (Phi) is 3.28. The van der Waals surface area contributed by atoms with Crippen LogP contribution < -0.4 is 0 Å². The van der Waals surface area contributed by atoms with Crippen LogP contribution in [0.5, 0.6) is 0 Å². The van der Waals surface area contributed by atoms with Gasteiger partial charge in [-0.05, 0) is 12.5 Å². The van der Waals surface area contributed by atoms with Crippen molar-refractivity contribution >= 4 is 10.7 Å². The molecule has 17 heavy (non-hydrogen) atoms. The van der Waals surface area contributed by atoms with Gasteiger partial charge in [0, 0.05) is 25.0 Å². The van der Waals surface area contributed by atoms with Gasteiger partial charge in [-0.3, -0.25) is 0 Å². The topological polar surface area (TPSA) is 52.0 Å². The Morgan fingerprint density at radius 1 is 1.29 bits per heavy atom. The fourth-order valence-corrected chi connectivity index (χ4v) is 2.26. The lowest BCUT2D eigenvalue weighted by Crippen LogP contribution is -2.01. The van der Waals surface area contributed by atoms with Crippen molar-refractivity contribution in [1.29, 1.82) is 0 Å². The molecule has 0 aliphatic rings. The van der Waals surface area contributed by atoms with Crippen molar-refractivity contribution in [1.82, 2.24) is 9.55 Å². The third-order valence-electron chi connectivity index (χ3n) is 2.79. The summed E-state index contributed by atoms with van der Waals surface area (Å²) in [5, 5.41) is -0.502. The molecule has 0 spiro atoms. The Morgan fingerprint density at radius 2 is 2.00 bits per heavy atom. The molecular formula is C12H14N2O2S. The van der Waals surface area contributed by atoms with Crippen LogP contribution in [0, 0.1) is 0 Å². The van der Waals surface area contributed by atoms with E-state index in [0.717, 1.165) is 17.0 Å². The number of benzene rings is 1. The molecule has 1 heterocycles. The van der Waals surface area contributed by atoms with Gasteiger partial charge in [-0.2, -0.15) is 0 Å². The van der Waals surface area contributed by atoms with Gasteiger partial charge in [-0.25, -0.2) is 13.4 Å². The lowest BCUT2D eigenvalue weighted by molar-refractivity contribution is 0.606. The van der Waals surface area contributed by atoms with E-state index in [1.165, 1.54) is 0 Å². The van der Waals surface area contributed by atoms with Crippen LogP contribution in [0.1, 0.15) is 17.7 Å². The number of aryl methyl sites for hydroxylation is 1. The van der Waals surface area contributed by atoms with E-state index >= 15 is 0 Å². The first-order valence-electron chi connectivity index (χ1n) is 5.31. The van der Waals surface area contributed by atoms with E-state index in [1.54, 1.807) is 13.1 Å². The monoisotopic (exact) mass is 250 g/mol. The first-order valence-corrected chi connectivity index (χ1v) is 6.56. The summed E-state index contributed by atoms with van der Waals surface area (Å²) in [5.74, 6) is 0.782. The highest BCUT2D eigenvalue weighted by Crippen LogP contribution is 2.28. The van der Waals surface area contributed by atoms with Crippen LogP contribution in [-0.4, -0.2) is 18.0 Å². The summed E-state index contributed by atoms with van der Waals surface area (Å²) in [6.07, 6.45) is 3.54. The zero-order chi connectivity index (χ0) is 12.4. The predicted octanol–water partition coefficient (Wildman–Crippen LogP) is 1.76. The second-order valence-electron chi connectivity index (χ2n) is 3.91. The smallest absolute Gasteiger partial charge is 0.146 e. The summed E-state index contributed by atoms with van der Waals surface area (Å²) in [7, 11) is -0.587. The first-order chi connectivity index (χ1) is 8.11. The standard InChI is InChI=1S/C12H14N2O2S/c1-9(17(15)16)10-5-3-4-6-11(10)12-13-7-8-14(12)2/h3-9,17H,1-2H3. The molecule has 0 bridgehead atoms. The zero-order valence-corrected chi connectivity index (χ0v) is 10.6. The van der Waals surface area contributed by atoms with Crippen molar-refractivity contribution in [3.8, 4) is 11.4 Å². The number of hydrogen-bond acceptors (Lipinski definition) is 3. The third-order valence-corrected chi connectivity index (χ3v) is 3.70. The van der Waals surface area contributed by atoms with Gasteiger partial charge in [0.05, 0.1) is 5.25 Å². The number of thiol groups is 1. The average molecular weight is 250 g/mol. The van der Waals surface area contributed by atoms with E-state index in [-0.39, 0.29) is 0 Å². The molecule has 0 saturated carbocycles. The Balaban J connectivity index is 2.59. The largest absolute Gasteiger partial charge is 0.334 e. The van der Waals surface area contributed by atoms with Crippen molar-refractivity contribution in [2.24, 2.45) is 7.05 Å². The van der Waals surface area contributed by atoms with E-state index in [2.05, 4.69) is 4.98 Å². The van der Waals surface area contributed by atoms with E-state index in [4.69, 9.17) is 0 Å². The molecule has 2 rings (SSSR count). The lowest BCUT2D eigenvalue weighted by Gasteiger charge is -2.11. The van der Waals surface area contributed by atoms with Crippen molar-refractivity contribution in [2.45, 2.75) is 12.2 Å². The fourth-order valence-electron chi connectivity index (χ4n) is 1.80. The van der Waals surface area contributed by atoms with Gasteiger partial charge in [0.2, 0.25) is 0 Å². The van der Waals surface area contributed by atoms with Gasteiger partial charge in [-0.15, -0.1) is 0 Å². The second kappa shape index (κ2) is 4.71. The molecule has 1 aromatic heterocycles. The SMILES string of the molecule is CC(c1ccccc1-c1nccn1C)[SH](=O)=O. The Bertz CT molecular complexity index is 594. The maximum absolute atomic E-state index is 11.1. The van der Waals surface area contributed by atoms with E-state index in [1.807, 2.05) is 42.1 Å². The van der Waals surface area contributed by atoms with Crippen molar-refractivity contribution in [3.63, 3.8) is 0 Å². The summed E-state index contributed by atoms with van der Waals surface area (Å²) >= 11 is 0. The molecule has 5 heteroatoms. The van der Waals surface area contributed by atoms with Gasteiger partial charge < -0.3 is 4.57 Å². The van der Waals surface area contributed by atoms with Crippen LogP contribution in [0.25, 0.3) is 11.4 Å². The maximum atomic E-state index is 11.1. The van der Waals surface area contributed by atoms with Crippen LogP contribution in [-0.2, 0) is 17.8 Å². The highest BCUT2D eigenvalue weighted by Gasteiger charge is 2.15. The molecule has 0 fully saturated rings. The van der Waals surface area contributed by atoms with Crippen LogP contribution >= 0.6 is 0 Å². The molecule has 1 aromatic carbocycles. The summed E-state index contributed by atoms with van der Waals surface area (Å²) in [6, 6.07) is 7.46. The Labute approximate surface area is 102 Å². The molecular weight excluding hydrogens is 236 g/mol. The van der Waals surface area contributed by atoms with Gasteiger partial charge in [-0.1, -0.05) is 24.3 Å². The molecule has 0 aliphatic heterocycles. The van der Waals surface area contributed by atoms with E-state index in [0.29, 0.717) is 0 Å². The highest BCUT2D eigenvalue weighted by molar-refractivity contribution is 7.72. The predicted molar refractivity (Wildman–Crippen MR) is 67.4 cm³/mol. The van der Waals surface area contributed by atoms with E-state index in [9.17, 15) is 8.42 Å². The molecule has 0 saturated heterocycles. The third kappa shape index (κ3) is 2.24. The number of hydrogen-bond donors (Lipinski definition) is 1. The minimum absolute atomic E-state index is 0.502. The minimum Gasteiger partial charge on any atom is -0.334 e. The summed E-state index contributed by atoms with van der Waals surface area (Å²) in [4.78, 5) is 4.25. The molecule has 0 radical (unpaired) electrons. The van der Waals surface area contributed by atoms with Gasteiger partial charge in [0.15, 0.2) is 0 Å². The van der Waals surface area contributed by atoms with Gasteiger partial charge >= 0.3 is 0 Å².